The molecule has 0 aromatic carbocycles. The number of carboxylic acids is 1. The lowest BCUT2D eigenvalue weighted by atomic mass is 9.79. The molecule has 1 fully saturated rings. The third-order valence-electron chi connectivity index (χ3n) is 4.12. The van der Waals surface area contributed by atoms with Crippen LogP contribution in [0.5, 0.6) is 0 Å². The molecule has 0 bridgehead atoms. The number of fused-ring (bicyclic) bond motifs is 1. The van der Waals surface area contributed by atoms with Crippen molar-refractivity contribution in [3.05, 3.63) is 27.6 Å². The zero-order valence-corrected chi connectivity index (χ0v) is 11.8. The number of nitrogens with one attached hydrogen (secondary N) is 1. The molecule has 2 heterocycles. The number of thiophene rings is 1. The van der Waals surface area contributed by atoms with Gasteiger partial charge in [0.25, 0.3) is 5.56 Å². The number of aromatic nitrogens is 2. The minimum absolute atomic E-state index is 0.130. The molecule has 6 heteroatoms. The van der Waals surface area contributed by atoms with E-state index in [-0.39, 0.29) is 17.4 Å². The summed E-state index contributed by atoms with van der Waals surface area (Å²) in [6, 6.07) is 1.76. The van der Waals surface area contributed by atoms with Gasteiger partial charge in [-0.15, -0.1) is 11.3 Å². The average Bonchev–Trinajstić information content (AvgIpc) is 2.97. The van der Waals surface area contributed by atoms with Crippen LogP contribution in [-0.4, -0.2) is 21.0 Å². The normalized spacial score (nSPS) is 17.6. The molecule has 0 spiro atoms. The molecule has 2 aromatic heterocycles. The number of carbonyl (C=O) groups is 1. The predicted octanol–water partition coefficient (Wildman–Crippen LogP) is 2.56. The zero-order chi connectivity index (χ0) is 14.2. The number of rotatable bonds is 4. The van der Waals surface area contributed by atoms with E-state index in [2.05, 4.69) is 9.97 Å². The fourth-order valence-electron chi connectivity index (χ4n) is 3.21. The van der Waals surface area contributed by atoms with Crippen LogP contribution >= 0.6 is 11.3 Å². The van der Waals surface area contributed by atoms with Crippen LogP contribution in [-0.2, 0) is 11.2 Å². The third-order valence-corrected chi connectivity index (χ3v) is 4.92. The summed E-state index contributed by atoms with van der Waals surface area (Å²) in [4.78, 5) is 31.1. The summed E-state index contributed by atoms with van der Waals surface area (Å²) >= 11 is 1.44. The van der Waals surface area contributed by atoms with Gasteiger partial charge in [0, 0.05) is 6.42 Å². The van der Waals surface area contributed by atoms with E-state index in [4.69, 9.17) is 5.11 Å². The highest BCUT2D eigenvalue weighted by molar-refractivity contribution is 7.16. The average molecular weight is 292 g/mol. The molecule has 0 aliphatic heterocycles. The SMILES string of the molecule is O=C(O)CC1(Cc2nc3sccc3c(=O)[nH]2)CCCC1. The molecule has 1 aliphatic carbocycles. The highest BCUT2D eigenvalue weighted by Crippen LogP contribution is 2.43. The lowest BCUT2D eigenvalue weighted by Gasteiger charge is -2.26. The molecule has 2 aromatic rings. The summed E-state index contributed by atoms with van der Waals surface area (Å²) in [5.41, 5.74) is -0.373. The van der Waals surface area contributed by atoms with Gasteiger partial charge >= 0.3 is 5.97 Å². The summed E-state index contributed by atoms with van der Waals surface area (Å²) in [7, 11) is 0. The number of H-pyrrole nitrogens is 1. The van der Waals surface area contributed by atoms with E-state index in [1.54, 1.807) is 6.07 Å². The van der Waals surface area contributed by atoms with E-state index in [1.807, 2.05) is 5.38 Å². The molecule has 3 rings (SSSR count). The Morgan fingerprint density at radius 3 is 2.90 bits per heavy atom. The van der Waals surface area contributed by atoms with E-state index in [0.29, 0.717) is 17.6 Å². The molecule has 0 unspecified atom stereocenters. The Kier molecular flexibility index (Phi) is 3.33. The number of aliphatic carboxylic acids is 1. The lowest BCUT2D eigenvalue weighted by Crippen LogP contribution is -2.26. The quantitative estimate of drug-likeness (QED) is 0.907. The smallest absolute Gasteiger partial charge is 0.303 e. The number of nitrogens with zero attached hydrogens (tertiary/aromatic N) is 1. The molecular weight excluding hydrogens is 276 g/mol. The van der Waals surface area contributed by atoms with Crippen molar-refractivity contribution in [1.29, 1.82) is 0 Å². The minimum atomic E-state index is -0.772. The maximum Gasteiger partial charge on any atom is 0.303 e. The van der Waals surface area contributed by atoms with Crippen LogP contribution in [0.15, 0.2) is 16.2 Å². The molecule has 0 atom stereocenters. The fraction of sp³-hybridized carbons (Fsp3) is 0.500. The Labute approximate surface area is 119 Å². The second kappa shape index (κ2) is 5.01. The van der Waals surface area contributed by atoms with E-state index >= 15 is 0 Å². The van der Waals surface area contributed by atoms with Gasteiger partial charge in [-0.05, 0) is 29.7 Å². The molecule has 106 valence electrons. The summed E-state index contributed by atoms with van der Waals surface area (Å²) < 4.78 is 0. The second-order valence-electron chi connectivity index (χ2n) is 5.61. The maximum absolute atomic E-state index is 12.0. The molecule has 2 N–H and O–H groups in total. The molecular formula is C14H16N2O3S. The Morgan fingerprint density at radius 1 is 1.45 bits per heavy atom. The lowest BCUT2D eigenvalue weighted by molar-refractivity contribution is -0.139. The molecule has 1 aliphatic rings. The zero-order valence-electron chi connectivity index (χ0n) is 11.0. The van der Waals surface area contributed by atoms with Gasteiger partial charge in [-0.25, -0.2) is 4.98 Å². The van der Waals surface area contributed by atoms with Crippen molar-refractivity contribution in [2.75, 3.05) is 0 Å². The molecule has 20 heavy (non-hydrogen) atoms. The highest BCUT2D eigenvalue weighted by atomic mass is 32.1. The first kappa shape index (κ1) is 13.3. The maximum atomic E-state index is 12.0. The van der Waals surface area contributed by atoms with Gasteiger partial charge in [-0.2, -0.15) is 0 Å². The highest BCUT2D eigenvalue weighted by Gasteiger charge is 2.37. The standard InChI is InChI=1S/C14H16N2O3S/c17-11(18)8-14(4-1-2-5-14)7-10-15-12(19)9-3-6-20-13(9)16-10/h3,6H,1-2,4-5,7-8H2,(H,17,18)(H,15,16,19). The van der Waals surface area contributed by atoms with Gasteiger partial charge in [0.05, 0.1) is 11.8 Å². The number of hydrogen-bond donors (Lipinski definition) is 2. The van der Waals surface area contributed by atoms with Crippen LogP contribution in [0.4, 0.5) is 0 Å². The van der Waals surface area contributed by atoms with Crippen LogP contribution in [0.1, 0.15) is 37.9 Å². The van der Waals surface area contributed by atoms with E-state index in [1.165, 1.54) is 11.3 Å². The minimum Gasteiger partial charge on any atom is -0.481 e. The Morgan fingerprint density at radius 2 is 2.20 bits per heavy atom. The topological polar surface area (TPSA) is 83.0 Å². The Balaban J connectivity index is 1.94. The monoisotopic (exact) mass is 292 g/mol. The largest absolute Gasteiger partial charge is 0.481 e. The Bertz CT molecular complexity index is 698. The van der Waals surface area contributed by atoms with Crippen LogP contribution in [0.25, 0.3) is 10.2 Å². The van der Waals surface area contributed by atoms with Crippen molar-refractivity contribution in [1.82, 2.24) is 9.97 Å². The van der Waals surface area contributed by atoms with Crippen molar-refractivity contribution in [2.24, 2.45) is 5.41 Å². The second-order valence-corrected chi connectivity index (χ2v) is 6.50. The van der Waals surface area contributed by atoms with Crippen LogP contribution < -0.4 is 5.56 Å². The Hall–Kier alpha value is -1.69. The molecule has 0 radical (unpaired) electrons. The first-order chi connectivity index (χ1) is 9.58. The fourth-order valence-corrected chi connectivity index (χ4v) is 3.99. The van der Waals surface area contributed by atoms with Crippen LogP contribution in [0.2, 0.25) is 0 Å². The van der Waals surface area contributed by atoms with Crippen LogP contribution in [0.3, 0.4) is 0 Å². The van der Waals surface area contributed by atoms with Crippen molar-refractivity contribution in [3.8, 4) is 0 Å². The van der Waals surface area contributed by atoms with Crippen LogP contribution in [0, 0.1) is 5.41 Å². The summed E-state index contributed by atoms with van der Waals surface area (Å²) in [5.74, 6) is -0.153. The summed E-state index contributed by atoms with van der Waals surface area (Å²) in [6.45, 7) is 0. The van der Waals surface area contributed by atoms with Gasteiger partial charge in [-0.1, -0.05) is 12.8 Å². The van der Waals surface area contributed by atoms with Crippen molar-refractivity contribution < 1.29 is 9.90 Å². The number of hydrogen-bond acceptors (Lipinski definition) is 4. The van der Waals surface area contributed by atoms with Crippen molar-refractivity contribution in [2.45, 2.75) is 38.5 Å². The van der Waals surface area contributed by atoms with Gasteiger partial charge < -0.3 is 10.1 Å². The predicted molar refractivity (Wildman–Crippen MR) is 77.1 cm³/mol. The van der Waals surface area contributed by atoms with Crippen molar-refractivity contribution in [3.63, 3.8) is 0 Å². The van der Waals surface area contributed by atoms with Crippen molar-refractivity contribution >= 4 is 27.5 Å². The van der Waals surface area contributed by atoms with Gasteiger partial charge in [-0.3, -0.25) is 9.59 Å². The summed E-state index contributed by atoms with van der Waals surface area (Å²) in [6.07, 6.45) is 4.59. The number of carboxylic acid groups (broad SMARTS) is 1. The first-order valence-corrected chi connectivity index (χ1v) is 7.64. The van der Waals surface area contributed by atoms with E-state index in [0.717, 1.165) is 30.5 Å². The van der Waals surface area contributed by atoms with Gasteiger partial charge in [0.1, 0.15) is 10.7 Å². The first-order valence-electron chi connectivity index (χ1n) is 6.76. The molecule has 5 nitrogen and oxygen atoms in total. The molecule has 0 amide bonds. The molecule has 0 saturated heterocycles. The number of aromatic amines is 1. The third kappa shape index (κ3) is 2.47. The van der Waals surface area contributed by atoms with E-state index < -0.39 is 5.97 Å². The van der Waals surface area contributed by atoms with E-state index in [9.17, 15) is 9.59 Å². The molecule has 1 saturated carbocycles. The van der Waals surface area contributed by atoms with Gasteiger partial charge in [0.2, 0.25) is 0 Å². The van der Waals surface area contributed by atoms with Gasteiger partial charge in [0.15, 0.2) is 0 Å². The summed E-state index contributed by atoms with van der Waals surface area (Å²) in [5, 5.41) is 11.6.